The highest BCUT2D eigenvalue weighted by Crippen LogP contribution is 2.19. The minimum absolute atomic E-state index is 0.119. The molecule has 17 heavy (non-hydrogen) atoms. The van der Waals surface area contributed by atoms with E-state index in [2.05, 4.69) is 0 Å². The van der Waals surface area contributed by atoms with Gasteiger partial charge in [-0.05, 0) is 19.3 Å². The molecule has 0 aliphatic carbocycles. The molecule has 0 radical (unpaired) electrons. The van der Waals surface area contributed by atoms with Gasteiger partial charge in [0.2, 0.25) is 5.91 Å². The Morgan fingerprint density at radius 1 is 1.24 bits per heavy atom. The smallest absolute Gasteiger partial charge is 0.323 e. The molecule has 0 N–H and O–H groups in total. The number of carbonyl (C=O) groups excluding carboxylic acids is 2. The molecular formula is C12H20N2O3. The van der Waals surface area contributed by atoms with E-state index in [1.165, 1.54) is 7.11 Å². The molecular weight excluding hydrogens is 220 g/mol. The molecule has 5 heteroatoms. The molecule has 96 valence electrons. The second kappa shape index (κ2) is 5.49. The van der Waals surface area contributed by atoms with Crippen molar-refractivity contribution in [2.45, 2.75) is 31.7 Å². The first kappa shape index (κ1) is 12.4. The lowest BCUT2D eigenvalue weighted by atomic mass is 10.0. The third kappa shape index (κ3) is 2.77. The van der Waals surface area contributed by atoms with Gasteiger partial charge in [0.25, 0.3) is 0 Å². The molecule has 0 saturated carbocycles. The van der Waals surface area contributed by atoms with Crippen LogP contribution in [0, 0.1) is 0 Å². The van der Waals surface area contributed by atoms with Crippen molar-refractivity contribution < 1.29 is 14.3 Å². The predicted octanol–water partition coefficient (Wildman–Crippen LogP) is 0.246. The molecule has 1 atom stereocenters. The number of ether oxygens (including phenoxy) is 1. The first-order chi connectivity index (χ1) is 8.22. The average Bonchev–Trinajstić information content (AvgIpc) is 2.80. The van der Waals surface area contributed by atoms with Crippen molar-refractivity contribution in [2.24, 2.45) is 0 Å². The van der Waals surface area contributed by atoms with Crippen LogP contribution in [0.15, 0.2) is 0 Å². The Balaban J connectivity index is 1.71. The second-order valence-corrected chi connectivity index (χ2v) is 4.70. The first-order valence-corrected chi connectivity index (χ1v) is 6.32. The van der Waals surface area contributed by atoms with E-state index < -0.39 is 0 Å². The summed E-state index contributed by atoms with van der Waals surface area (Å²) < 4.78 is 4.72. The Morgan fingerprint density at radius 3 is 2.47 bits per heavy atom. The van der Waals surface area contributed by atoms with Crippen molar-refractivity contribution in [1.82, 2.24) is 9.80 Å². The summed E-state index contributed by atoms with van der Waals surface area (Å²) in [6, 6.07) is -0.119. The molecule has 2 fully saturated rings. The molecule has 2 heterocycles. The maximum atomic E-state index is 11.8. The van der Waals surface area contributed by atoms with E-state index in [1.807, 2.05) is 9.80 Å². The van der Waals surface area contributed by atoms with Crippen LogP contribution in [0.4, 0.5) is 0 Å². The van der Waals surface area contributed by atoms with Crippen molar-refractivity contribution in [3.63, 3.8) is 0 Å². The van der Waals surface area contributed by atoms with E-state index in [9.17, 15) is 9.59 Å². The number of likely N-dealkylation sites (tertiary alicyclic amines) is 2. The van der Waals surface area contributed by atoms with Gasteiger partial charge in [0, 0.05) is 32.6 Å². The summed E-state index contributed by atoms with van der Waals surface area (Å²) in [4.78, 5) is 27.1. The maximum Gasteiger partial charge on any atom is 0.323 e. The average molecular weight is 240 g/mol. The molecule has 2 rings (SSSR count). The van der Waals surface area contributed by atoms with E-state index in [0.29, 0.717) is 13.0 Å². The van der Waals surface area contributed by atoms with Gasteiger partial charge in [-0.15, -0.1) is 0 Å². The van der Waals surface area contributed by atoms with Gasteiger partial charge in [0.05, 0.1) is 7.11 Å². The van der Waals surface area contributed by atoms with Gasteiger partial charge >= 0.3 is 5.97 Å². The molecule has 1 amide bonds. The summed E-state index contributed by atoms with van der Waals surface area (Å²) in [5, 5.41) is 0. The van der Waals surface area contributed by atoms with Gasteiger partial charge in [-0.2, -0.15) is 0 Å². The lowest BCUT2D eigenvalue weighted by Gasteiger charge is -2.38. The lowest BCUT2D eigenvalue weighted by molar-refractivity contribution is -0.152. The van der Waals surface area contributed by atoms with E-state index in [4.69, 9.17) is 4.74 Å². The zero-order valence-corrected chi connectivity index (χ0v) is 10.4. The molecule has 0 aromatic carbocycles. The van der Waals surface area contributed by atoms with Crippen LogP contribution in [0.5, 0.6) is 0 Å². The quantitative estimate of drug-likeness (QED) is 0.661. The lowest BCUT2D eigenvalue weighted by Crippen LogP contribution is -2.53. The largest absolute Gasteiger partial charge is 0.468 e. The Bertz CT molecular complexity index is 300. The fourth-order valence-corrected chi connectivity index (χ4v) is 2.48. The molecule has 2 aliphatic rings. The third-order valence-electron chi connectivity index (χ3n) is 3.68. The number of hydrogen-bond donors (Lipinski definition) is 0. The summed E-state index contributed by atoms with van der Waals surface area (Å²) >= 11 is 0. The van der Waals surface area contributed by atoms with E-state index in [1.54, 1.807) is 0 Å². The fraction of sp³-hybridized carbons (Fsp3) is 0.833. The number of methoxy groups -OCH3 is 1. The van der Waals surface area contributed by atoms with Crippen molar-refractivity contribution in [3.8, 4) is 0 Å². The number of amides is 1. The van der Waals surface area contributed by atoms with Crippen LogP contribution in [0.2, 0.25) is 0 Å². The maximum absolute atomic E-state index is 11.8. The third-order valence-corrected chi connectivity index (χ3v) is 3.68. The molecule has 0 spiro atoms. The van der Waals surface area contributed by atoms with E-state index >= 15 is 0 Å². The fourth-order valence-electron chi connectivity index (χ4n) is 2.48. The van der Waals surface area contributed by atoms with Crippen LogP contribution in [0.3, 0.4) is 0 Å². The van der Waals surface area contributed by atoms with Crippen molar-refractivity contribution >= 4 is 11.9 Å². The van der Waals surface area contributed by atoms with E-state index in [-0.39, 0.29) is 17.9 Å². The topological polar surface area (TPSA) is 49.9 Å². The van der Waals surface area contributed by atoms with Gasteiger partial charge in [0.1, 0.15) is 6.04 Å². The van der Waals surface area contributed by atoms with Crippen LogP contribution in [-0.2, 0) is 14.3 Å². The molecule has 2 aliphatic heterocycles. The number of nitrogens with zero attached hydrogens (tertiary/aromatic N) is 2. The van der Waals surface area contributed by atoms with E-state index in [0.717, 1.165) is 38.9 Å². The van der Waals surface area contributed by atoms with Gasteiger partial charge in [-0.1, -0.05) is 0 Å². The molecule has 2 saturated heterocycles. The van der Waals surface area contributed by atoms with Crippen molar-refractivity contribution in [3.05, 3.63) is 0 Å². The summed E-state index contributed by atoms with van der Waals surface area (Å²) in [6.45, 7) is 3.38. The van der Waals surface area contributed by atoms with Crippen molar-refractivity contribution in [2.75, 3.05) is 33.3 Å². The van der Waals surface area contributed by atoms with Gasteiger partial charge < -0.3 is 9.64 Å². The normalized spacial score (nSPS) is 24.5. The van der Waals surface area contributed by atoms with Gasteiger partial charge in [-0.25, -0.2) is 0 Å². The highest BCUT2D eigenvalue weighted by Gasteiger charge is 2.35. The summed E-state index contributed by atoms with van der Waals surface area (Å²) in [5.41, 5.74) is 0. The second-order valence-electron chi connectivity index (χ2n) is 4.70. The monoisotopic (exact) mass is 240 g/mol. The minimum Gasteiger partial charge on any atom is -0.468 e. The highest BCUT2D eigenvalue weighted by atomic mass is 16.5. The first-order valence-electron chi connectivity index (χ1n) is 6.32. The summed E-state index contributed by atoms with van der Waals surface area (Å²) in [5.74, 6) is 0.0443. The Hall–Kier alpha value is -1.10. The van der Waals surface area contributed by atoms with Crippen molar-refractivity contribution in [1.29, 1.82) is 0 Å². The van der Waals surface area contributed by atoms with Gasteiger partial charge in [0.15, 0.2) is 0 Å². The molecule has 5 nitrogen and oxygen atoms in total. The number of hydrogen-bond acceptors (Lipinski definition) is 4. The summed E-state index contributed by atoms with van der Waals surface area (Å²) in [7, 11) is 1.41. The van der Waals surface area contributed by atoms with Crippen LogP contribution < -0.4 is 0 Å². The van der Waals surface area contributed by atoms with Crippen LogP contribution >= 0.6 is 0 Å². The van der Waals surface area contributed by atoms with Crippen LogP contribution in [-0.4, -0.2) is 61.0 Å². The standard InChI is InChI=1S/C12H20N2O3/c1-17-12(16)10-4-8-13(10)9-5-11(15)14-6-2-3-7-14/h10H,2-9H2,1H3. The van der Waals surface area contributed by atoms with Gasteiger partial charge in [-0.3, -0.25) is 14.5 Å². The number of carbonyl (C=O) groups is 2. The Labute approximate surface area is 102 Å². The molecule has 0 aromatic heterocycles. The molecule has 1 unspecified atom stereocenters. The Morgan fingerprint density at radius 2 is 1.94 bits per heavy atom. The van der Waals surface area contributed by atoms with Crippen LogP contribution in [0.1, 0.15) is 25.7 Å². The summed E-state index contributed by atoms with van der Waals surface area (Å²) in [6.07, 6.45) is 3.62. The minimum atomic E-state index is -0.176. The molecule has 0 aromatic rings. The SMILES string of the molecule is COC(=O)C1CCN1CCC(=O)N1CCCC1. The zero-order valence-electron chi connectivity index (χ0n) is 10.4. The predicted molar refractivity (Wildman–Crippen MR) is 62.4 cm³/mol. The Kier molecular flexibility index (Phi) is 3.99. The van der Waals surface area contributed by atoms with Crippen LogP contribution in [0.25, 0.3) is 0 Å². The number of rotatable bonds is 4. The highest BCUT2D eigenvalue weighted by molar-refractivity contribution is 5.78. The number of esters is 1. The molecule has 0 bridgehead atoms. The zero-order chi connectivity index (χ0) is 12.3.